The number of nitrogens with one attached hydrogen (secondary N) is 1. The number of primary amides is 1. The van der Waals surface area contributed by atoms with Crippen molar-refractivity contribution >= 4 is 64.7 Å². The van der Waals surface area contributed by atoms with E-state index in [9.17, 15) is 29.1 Å². The number of hydrogen-bond donors (Lipinski definition) is 5. The van der Waals surface area contributed by atoms with Crippen molar-refractivity contribution in [3.8, 4) is 0 Å². The number of nitrogens with zero attached hydrogens (tertiary/aromatic N) is 4. The van der Waals surface area contributed by atoms with Crippen molar-refractivity contribution in [2.45, 2.75) is 23.1 Å². The Morgan fingerprint density at radius 2 is 2.05 bits per heavy atom. The Morgan fingerprint density at radius 3 is 2.71 bits per heavy atom. The predicted octanol–water partition coefficient (Wildman–Crippen LogP) is -0.374. The Balaban J connectivity index is 1.51. The van der Waals surface area contributed by atoms with Crippen molar-refractivity contribution < 1.29 is 38.6 Å². The van der Waals surface area contributed by atoms with Gasteiger partial charge in [-0.2, -0.15) is 0 Å². The molecule has 2 aromatic rings. The van der Waals surface area contributed by atoms with Gasteiger partial charge < -0.3 is 36.3 Å². The van der Waals surface area contributed by atoms with Gasteiger partial charge in [-0.25, -0.2) is 4.79 Å². The van der Waals surface area contributed by atoms with Crippen LogP contribution in [0.25, 0.3) is 0 Å². The van der Waals surface area contributed by atoms with E-state index < -0.39 is 53.0 Å². The predicted molar refractivity (Wildman–Crippen MR) is 134 cm³/mol. The number of aliphatic carboxylic acids is 2. The molecule has 0 saturated carbocycles. The number of rotatable bonds is 10. The second kappa shape index (κ2) is 10.9. The number of hydrogen-bond acceptors (Lipinski definition) is 11. The summed E-state index contributed by atoms with van der Waals surface area (Å²) in [6, 6.07) is 4.50. The lowest BCUT2D eigenvalue weighted by atomic mass is 9.89. The highest BCUT2D eigenvalue weighted by atomic mass is 32.2. The third-order valence-electron chi connectivity index (χ3n) is 5.91. The second-order valence-electron chi connectivity index (χ2n) is 8.53. The first-order chi connectivity index (χ1) is 18.0. The number of urea groups is 1. The summed E-state index contributed by atoms with van der Waals surface area (Å²) < 4.78 is 5.25. The molecule has 0 radical (unpaired) electrons. The molecule has 1 aromatic carbocycles. The maximum atomic E-state index is 13.3. The minimum atomic E-state index is -1.36. The van der Waals surface area contributed by atoms with Crippen LogP contribution in [0.2, 0.25) is 0 Å². The first-order valence-electron chi connectivity index (χ1n) is 11.1. The minimum Gasteiger partial charge on any atom is -0.481 e. The smallest absolute Gasteiger partial charge is 0.316 e. The minimum absolute atomic E-state index is 0.0164. The average Bonchev–Trinajstić information content (AvgIpc) is 3.31. The second-order valence-corrected chi connectivity index (χ2v) is 10.6. The van der Waals surface area contributed by atoms with E-state index in [1.165, 1.54) is 27.6 Å². The van der Waals surface area contributed by atoms with Gasteiger partial charge in [0.25, 0.3) is 5.22 Å². The summed E-state index contributed by atoms with van der Waals surface area (Å²) in [7, 11) is 0. The molecule has 0 bridgehead atoms. The average molecular weight is 566 g/mol. The Bertz CT molecular complexity index is 1290. The number of benzene rings is 1. The molecule has 3 atom stereocenters. The highest BCUT2D eigenvalue weighted by Gasteiger charge is 2.59. The largest absolute Gasteiger partial charge is 0.481 e. The number of thioether (sulfide) groups is 2. The molecule has 1 aromatic heterocycles. The van der Waals surface area contributed by atoms with Crippen LogP contribution in [-0.4, -0.2) is 91.1 Å². The molecule has 38 heavy (non-hydrogen) atoms. The molecule has 2 unspecified atom stereocenters. The number of aromatic nitrogens is 2. The van der Waals surface area contributed by atoms with Crippen LogP contribution in [-0.2, 0) is 25.6 Å². The lowest BCUT2D eigenvalue weighted by molar-refractivity contribution is -0.156. The van der Waals surface area contributed by atoms with Gasteiger partial charge in [0.2, 0.25) is 17.7 Å². The zero-order chi connectivity index (χ0) is 27.6. The van der Waals surface area contributed by atoms with Crippen molar-refractivity contribution in [1.29, 1.82) is 0 Å². The van der Waals surface area contributed by atoms with Crippen molar-refractivity contribution in [3.63, 3.8) is 0 Å². The monoisotopic (exact) mass is 565 g/mol. The Labute approximate surface area is 223 Å². The van der Waals surface area contributed by atoms with E-state index in [0.29, 0.717) is 11.4 Å². The number of carboxylic acids is 2. The van der Waals surface area contributed by atoms with Crippen molar-refractivity contribution in [2.24, 2.45) is 16.9 Å². The fourth-order valence-corrected chi connectivity index (χ4v) is 6.80. The van der Waals surface area contributed by atoms with Gasteiger partial charge in [-0.1, -0.05) is 17.8 Å². The molecule has 3 heterocycles. The zero-order valence-electron chi connectivity index (χ0n) is 19.6. The van der Waals surface area contributed by atoms with Crippen LogP contribution >= 0.6 is 23.5 Å². The van der Waals surface area contributed by atoms with Gasteiger partial charge in [0.15, 0.2) is 0 Å². The van der Waals surface area contributed by atoms with Gasteiger partial charge in [0.05, 0.1) is 6.54 Å². The van der Waals surface area contributed by atoms with Gasteiger partial charge in [-0.05, 0) is 18.2 Å². The van der Waals surface area contributed by atoms with Crippen LogP contribution in [0.15, 0.2) is 33.9 Å². The normalized spacial score (nSPS) is 22.2. The summed E-state index contributed by atoms with van der Waals surface area (Å²) in [6.45, 7) is -0.495. The summed E-state index contributed by atoms with van der Waals surface area (Å²) in [4.78, 5) is 63.1. The Kier molecular flexibility index (Phi) is 7.79. The van der Waals surface area contributed by atoms with Crippen LogP contribution in [0.4, 0.5) is 16.2 Å². The molecular formula is C21H23N7O8S2. The van der Waals surface area contributed by atoms with Gasteiger partial charge in [0, 0.05) is 29.4 Å². The van der Waals surface area contributed by atoms with E-state index in [0.717, 1.165) is 11.8 Å². The van der Waals surface area contributed by atoms with Crippen molar-refractivity contribution in [3.05, 3.63) is 30.2 Å². The van der Waals surface area contributed by atoms with E-state index in [-0.39, 0.29) is 35.7 Å². The van der Waals surface area contributed by atoms with E-state index in [1.54, 1.807) is 18.2 Å². The topological polar surface area (TPSA) is 235 Å². The molecule has 2 fully saturated rings. The highest BCUT2D eigenvalue weighted by molar-refractivity contribution is 8.00. The standard InChI is InChI=1S/C21H23N7O8S2/c22-6-13(29)28(11-3-1-2-10(4-11)24-19(23)35)15-16(32)27-7-21(18(33)34,8-37-17(15)27)9-38-20-26-25-12(36-20)5-14(30)31/h1-4,15,17H,5-9,22H2,(H,30,31)(H,33,34)(H3,23,24,35)/t15?,17-,21?/m1/s1. The number of fused-ring (bicyclic) bond motifs is 1. The Hall–Kier alpha value is -3.83. The van der Waals surface area contributed by atoms with Crippen LogP contribution in [0.5, 0.6) is 0 Å². The van der Waals surface area contributed by atoms with Crippen LogP contribution in [0.1, 0.15) is 5.89 Å². The number of anilines is 2. The zero-order valence-corrected chi connectivity index (χ0v) is 21.2. The maximum Gasteiger partial charge on any atom is 0.316 e. The van der Waals surface area contributed by atoms with Gasteiger partial charge in [-0.3, -0.25) is 24.1 Å². The number of amides is 4. The van der Waals surface area contributed by atoms with Crippen molar-refractivity contribution in [2.75, 3.05) is 34.8 Å². The summed E-state index contributed by atoms with van der Waals surface area (Å²) in [6.07, 6.45) is -0.460. The lowest BCUT2D eigenvalue weighted by Gasteiger charge is -2.56. The molecule has 2 aliphatic rings. The quantitative estimate of drug-likeness (QED) is 0.183. The number of nitrogens with two attached hydrogens (primary N) is 2. The fourth-order valence-electron chi connectivity index (χ4n) is 4.12. The SMILES string of the molecule is NCC(=O)N(c1cccc(NC(N)=O)c1)C1C(=O)N2CC(CSc3nnc(CC(=O)O)o3)(C(=O)O)CS[C@H]12. The van der Waals surface area contributed by atoms with Gasteiger partial charge in [-0.15, -0.1) is 22.0 Å². The van der Waals surface area contributed by atoms with E-state index >= 15 is 0 Å². The summed E-state index contributed by atoms with van der Waals surface area (Å²) in [5, 5.41) is 28.2. The van der Waals surface area contributed by atoms with Crippen LogP contribution < -0.4 is 21.7 Å². The molecule has 4 amide bonds. The third kappa shape index (κ3) is 5.39. The fraction of sp³-hybridized carbons (Fsp3) is 0.381. The molecule has 0 spiro atoms. The van der Waals surface area contributed by atoms with E-state index in [1.807, 2.05) is 0 Å². The highest BCUT2D eigenvalue weighted by Crippen LogP contribution is 2.46. The molecule has 7 N–H and O–H groups in total. The van der Waals surface area contributed by atoms with Gasteiger partial charge in [0.1, 0.15) is 23.3 Å². The molecule has 2 saturated heterocycles. The molecule has 2 aliphatic heterocycles. The third-order valence-corrected chi connectivity index (χ3v) is 8.59. The summed E-state index contributed by atoms with van der Waals surface area (Å²) in [5.41, 5.74) is 10.1. The lowest BCUT2D eigenvalue weighted by Crippen LogP contribution is -2.75. The first-order valence-corrected chi connectivity index (χ1v) is 13.1. The Morgan fingerprint density at radius 1 is 1.29 bits per heavy atom. The molecule has 15 nitrogen and oxygen atoms in total. The number of carbonyl (C=O) groups excluding carboxylic acids is 3. The molecule has 0 aliphatic carbocycles. The van der Waals surface area contributed by atoms with Crippen molar-refractivity contribution in [1.82, 2.24) is 15.1 Å². The molecular weight excluding hydrogens is 542 g/mol. The number of carboxylic acid groups (broad SMARTS) is 2. The molecule has 17 heteroatoms. The van der Waals surface area contributed by atoms with Gasteiger partial charge >= 0.3 is 18.0 Å². The molecule has 4 rings (SSSR count). The maximum absolute atomic E-state index is 13.3. The number of β-lactam (4-membered cyclic amide) rings is 1. The molecule has 202 valence electrons. The van der Waals surface area contributed by atoms with E-state index in [4.69, 9.17) is 21.0 Å². The summed E-state index contributed by atoms with van der Waals surface area (Å²) >= 11 is 2.18. The number of carbonyl (C=O) groups is 5. The van der Waals surface area contributed by atoms with Crippen LogP contribution in [0.3, 0.4) is 0 Å². The first kappa shape index (κ1) is 27.2. The van der Waals surface area contributed by atoms with Crippen LogP contribution in [0, 0.1) is 5.41 Å². The summed E-state index contributed by atoms with van der Waals surface area (Å²) in [5.74, 6) is -3.26. The van der Waals surface area contributed by atoms with E-state index in [2.05, 4.69) is 15.5 Å².